The highest BCUT2D eigenvalue weighted by molar-refractivity contribution is 8.00. The summed E-state index contributed by atoms with van der Waals surface area (Å²) in [5.41, 5.74) is 0. The van der Waals surface area contributed by atoms with Crippen LogP contribution in [0.5, 0.6) is 0 Å². The largest absolute Gasteiger partial charge is 0.468 e. The molecule has 0 spiro atoms. The molecule has 64 valence electrons. The minimum absolute atomic E-state index is 0.195. The van der Waals surface area contributed by atoms with Crippen molar-refractivity contribution in [3.63, 3.8) is 0 Å². The Morgan fingerprint density at radius 3 is 2.55 bits per heavy atom. The third-order valence-electron chi connectivity index (χ3n) is 1.54. The van der Waals surface area contributed by atoms with Gasteiger partial charge in [-0.05, 0) is 13.2 Å². The van der Waals surface area contributed by atoms with Gasteiger partial charge in [0, 0.05) is 6.42 Å². The van der Waals surface area contributed by atoms with E-state index in [1.165, 1.54) is 18.9 Å². The van der Waals surface area contributed by atoms with Gasteiger partial charge >= 0.3 is 5.97 Å². The number of thioether (sulfide) groups is 1. The summed E-state index contributed by atoms with van der Waals surface area (Å²) in [6.07, 6.45) is 2.70. The summed E-state index contributed by atoms with van der Waals surface area (Å²) in [7, 11) is 1.32. The molecule has 1 unspecified atom stereocenters. The molecule has 0 radical (unpaired) electrons. The molecule has 0 saturated carbocycles. The molecule has 0 aromatic carbocycles. The summed E-state index contributed by atoms with van der Waals surface area (Å²) in [6.45, 7) is 1.69. The molecule has 3 nitrogen and oxygen atoms in total. The summed E-state index contributed by atoms with van der Waals surface area (Å²) in [4.78, 5) is 21.2. The number of carbonyl (C=O) groups excluding carboxylic acids is 2. The molecule has 0 heterocycles. The first kappa shape index (κ1) is 10.5. The van der Waals surface area contributed by atoms with E-state index in [0.717, 1.165) is 6.29 Å². The highest BCUT2D eigenvalue weighted by Gasteiger charge is 2.32. The second kappa shape index (κ2) is 4.38. The van der Waals surface area contributed by atoms with Gasteiger partial charge in [0.1, 0.15) is 11.0 Å². The van der Waals surface area contributed by atoms with Crippen molar-refractivity contribution in [2.45, 2.75) is 18.1 Å². The topological polar surface area (TPSA) is 43.4 Å². The molecule has 0 aromatic heterocycles. The van der Waals surface area contributed by atoms with Crippen LogP contribution < -0.4 is 0 Å². The number of carbonyl (C=O) groups is 2. The number of hydrogen-bond donors (Lipinski definition) is 0. The van der Waals surface area contributed by atoms with Crippen molar-refractivity contribution in [1.29, 1.82) is 0 Å². The fourth-order valence-corrected chi connectivity index (χ4v) is 1.11. The Hall–Kier alpha value is -0.510. The van der Waals surface area contributed by atoms with E-state index < -0.39 is 4.75 Å². The average Bonchev–Trinajstić information content (AvgIpc) is 2.03. The number of ether oxygens (including phenoxy) is 1. The molecule has 0 rings (SSSR count). The lowest BCUT2D eigenvalue weighted by Crippen LogP contribution is -2.32. The van der Waals surface area contributed by atoms with E-state index in [1.54, 1.807) is 13.2 Å². The average molecular weight is 176 g/mol. The molecule has 0 aliphatic heterocycles. The van der Waals surface area contributed by atoms with E-state index in [9.17, 15) is 9.59 Å². The molecule has 0 saturated heterocycles. The molecular weight excluding hydrogens is 164 g/mol. The second-order valence-corrected chi connectivity index (χ2v) is 3.61. The highest BCUT2D eigenvalue weighted by atomic mass is 32.2. The Morgan fingerprint density at radius 1 is 1.73 bits per heavy atom. The van der Waals surface area contributed by atoms with Crippen LogP contribution >= 0.6 is 11.8 Å². The minimum atomic E-state index is -0.712. The lowest BCUT2D eigenvalue weighted by atomic mass is 10.1. The van der Waals surface area contributed by atoms with Gasteiger partial charge in [-0.3, -0.25) is 4.79 Å². The molecule has 0 bridgehead atoms. The van der Waals surface area contributed by atoms with E-state index in [0.29, 0.717) is 0 Å². The lowest BCUT2D eigenvalue weighted by molar-refractivity contribution is -0.143. The number of rotatable bonds is 4. The Morgan fingerprint density at radius 2 is 2.27 bits per heavy atom. The first-order chi connectivity index (χ1) is 5.10. The predicted octanol–water partition coefficient (Wildman–Crippen LogP) is 0.870. The molecule has 0 fully saturated rings. The van der Waals surface area contributed by atoms with Crippen LogP contribution in [0.15, 0.2) is 0 Å². The van der Waals surface area contributed by atoms with Crippen LogP contribution in [0.4, 0.5) is 0 Å². The first-order valence-electron chi connectivity index (χ1n) is 3.18. The van der Waals surface area contributed by atoms with Crippen LogP contribution in [0.25, 0.3) is 0 Å². The zero-order valence-corrected chi connectivity index (χ0v) is 7.73. The van der Waals surface area contributed by atoms with Gasteiger partial charge in [0.2, 0.25) is 0 Å². The standard InChI is InChI=1S/C7H12O3S/c1-7(11-3,4-5-8)6(9)10-2/h5H,4H2,1-3H3. The van der Waals surface area contributed by atoms with Crippen molar-refractivity contribution in [3.05, 3.63) is 0 Å². The van der Waals surface area contributed by atoms with E-state index in [4.69, 9.17) is 0 Å². The fourth-order valence-electron chi connectivity index (χ4n) is 0.625. The van der Waals surface area contributed by atoms with Gasteiger partial charge in [0.05, 0.1) is 7.11 Å². The van der Waals surface area contributed by atoms with Gasteiger partial charge in [-0.1, -0.05) is 0 Å². The number of esters is 1. The van der Waals surface area contributed by atoms with Gasteiger partial charge in [0.15, 0.2) is 0 Å². The number of aldehydes is 1. The SMILES string of the molecule is COC(=O)C(C)(CC=O)SC. The van der Waals surface area contributed by atoms with E-state index >= 15 is 0 Å². The van der Waals surface area contributed by atoms with Crippen LogP contribution in [0.3, 0.4) is 0 Å². The van der Waals surface area contributed by atoms with Crippen LogP contribution in [0.1, 0.15) is 13.3 Å². The highest BCUT2D eigenvalue weighted by Crippen LogP contribution is 2.26. The second-order valence-electron chi connectivity index (χ2n) is 2.30. The van der Waals surface area contributed by atoms with Crippen molar-refractivity contribution >= 4 is 24.0 Å². The summed E-state index contributed by atoms with van der Waals surface area (Å²) in [6, 6.07) is 0. The van der Waals surface area contributed by atoms with Crippen molar-refractivity contribution in [3.8, 4) is 0 Å². The first-order valence-corrected chi connectivity index (χ1v) is 4.40. The number of methoxy groups -OCH3 is 1. The number of hydrogen-bond acceptors (Lipinski definition) is 4. The Balaban J connectivity index is 4.31. The van der Waals surface area contributed by atoms with Gasteiger partial charge in [-0.2, -0.15) is 0 Å². The summed E-state index contributed by atoms with van der Waals surface area (Å²) in [5.74, 6) is -0.350. The maximum atomic E-state index is 11.1. The van der Waals surface area contributed by atoms with Crippen molar-refractivity contribution < 1.29 is 14.3 Å². The monoisotopic (exact) mass is 176 g/mol. The molecule has 0 aliphatic rings. The normalized spacial score (nSPS) is 15.2. The molecule has 0 amide bonds. The minimum Gasteiger partial charge on any atom is -0.468 e. The zero-order valence-electron chi connectivity index (χ0n) is 6.92. The third kappa shape index (κ3) is 2.54. The molecule has 0 aromatic rings. The Bertz CT molecular complexity index is 158. The maximum Gasteiger partial charge on any atom is 0.322 e. The predicted molar refractivity (Wildman–Crippen MR) is 44.6 cm³/mol. The Kier molecular flexibility index (Phi) is 4.18. The molecule has 4 heteroatoms. The lowest BCUT2D eigenvalue weighted by Gasteiger charge is -2.20. The Labute approximate surface area is 70.5 Å². The van der Waals surface area contributed by atoms with E-state index in [2.05, 4.69) is 4.74 Å². The summed E-state index contributed by atoms with van der Waals surface area (Å²) >= 11 is 1.32. The van der Waals surface area contributed by atoms with Gasteiger partial charge in [-0.25, -0.2) is 0 Å². The van der Waals surface area contributed by atoms with Gasteiger partial charge < -0.3 is 9.53 Å². The van der Waals surface area contributed by atoms with Crippen LogP contribution in [-0.4, -0.2) is 30.4 Å². The zero-order chi connectivity index (χ0) is 8.91. The summed E-state index contributed by atoms with van der Waals surface area (Å²) < 4.78 is 3.83. The third-order valence-corrected chi connectivity index (χ3v) is 2.77. The van der Waals surface area contributed by atoms with Crippen molar-refractivity contribution in [1.82, 2.24) is 0 Å². The van der Waals surface area contributed by atoms with Gasteiger partial charge in [0.25, 0.3) is 0 Å². The van der Waals surface area contributed by atoms with Crippen LogP contribution in [-0.2, 0) is 14.3 Å². The van der Waals surface area contributed by atoms with Gasteiger partial charge in [-0.15, -0.1) is 11.8 Å². The van der Waals surface area contributed by atoms with E-state index in [-0.39, 0.29) is 12.4 Å². The molecule has 11 heavy (non-hydrogen) atoms. The maximum absolute atomic E-state index is 11.1. The smallest absolute Gasteiger partial charge is 0.322 e. The fraction of sp³-hybridized carbons (Fsp3) is 0.714. The molecular formula is C7H12O3S. The van der Waals surface area contributed by atoms with Crippen LogP contribution in [0.2, 0.25) is 0 Å². The van der Waals surface area contributed by atoms with Crippen molar-refractivity contribution in [2.75, 3.05) is 13.4 Å². The molecule has 0 aliphatic carbocycles. The molecule has 0 N–H and O–H groups in total. The van der Waals surface area contributed by atoms with Crippen LogP contribution in [0, 0.1) is 0 Å². The molecule has 1 atom stereocenters. The van der Waals surface area contributed by atoms with E-state index in [1.807, 2.05) is 0 Å². The van der Waals surface area contributed by atoms with Crippen molar-refractivity contribution in [2.24, 2.45) is 0 Å². The quantitative estimate of drug-likeness (QED) is 0.471. The summed E-state index contributed by atoms with van der Waals surface area (Å²) in [5, 5.41) is 0.